The Bertz CT molecular complexity index is 947. The molecule has 2 aromatic rings. The molecule has 0 spiro atoms. The number of carbonyl (C=O) groups excluding carboxylic acids is 2. The van der Waals surface area contributed by atoms with Crippen LogP contribution in [0.4, 0.5) is 11.4 Å². The largest absolute Gasteiger partial charge is 0.349 e. The molecule has 1 aliphatic carbocycles. The van der Waals surface area contributed by atoms with Crippen molar-refractivity contribution in [2.75, 3.05) is 5.32 Å². The number of anilines is 1. The molecule has 1 aliphatic rings. The van der Waals surface area contributed by atoms with E-state index in [4.69, 9.17) is 11.6 Å². The smallest absolute Gasteiger partial charge is 0.270 e. The van der Waals surface area contributed by atoms with E-state index >= 15 is 0 Å². The zero-order valence-corrected chi connectivity index (χ0v) is 16.7. The van der Waals surface area contributed by atoms with Gasteiger partial charge in [-0.15, -0.1) is 0 Å². The number of rotatable bonds is 5. The van der Waals surface area contributed by atoms with Crippen molar-refractivity contribution in [2.45, 2.75) is 38.6 Å². The molecular formula is C21H22ClN3O4. The number of para-hydroxylation sites is 1. The summed E-state index contributed by atoms with van der Waals surface area (Å²) in [7, 11) is 0. The fraction of sp³-hybridized carbons (Fsp3) is 0.333. The molecule has 8 heteroatoms. The summed E-state index contributed by atoms with van der Waals surface area (Å²) in [6.45, 7) is 2.13. The van der Waals surface area contributed by atoms with E-state index in [-0.39, 0.29) is 28.2 Å². The first-order valence-corrected chi connectivity index (χ1v) is 9.90. The summed E-state index contributed by atoms with van der Waals surface area (Å²) in [6.07, 6.45) is 4.30. The van der Waals surface area contributed by atoms with Crippen molar-refractivity contribution in [2.24, 2.45) is 5.92 Å². The van der Waals surface area contributed by atoms with Gasteiger partial charge in [0.25, 0.3) is 17.5 Å². The predicted molar refractivity (Wildman–Crippen MR) is 111 cm³/mol. The number of carbonyl (C=O) groups is 2. The number of nitrogens with zero attached hydrogens (tertiary/aromatic N) is 1. The van der Waals surface area contributed by atoms with Gasteiger partial charge in [0, 0.05) is 18.2 Å². The number of nitrogens with one attached hydrogen (secondary N) is 2. The van der Waals surface area contributed by atoms with E-state index in [0.717, 1.165) is 25.3 Å². The van der Waals surface area contributed by atoms with Gasteiger partial charge in [0.15, 0.2) is 0 Å². The predicted octanol–water partition coefficient (Wildman–Crippen LogP) is 4.81. The lowest BCUT2D eigenvalue weighted by atomic mass is 9.86. The first-order chi connectivity index (χ1) is 13.9. The minimum atomic E-state index is -0.584. The Kier molecular flexibility index (Phi) is 6.49. The van der Waals surface area contributed by atoms with Crippen LogP contribution in [0.15, 0.2) is 42.5 Å². The zero-order chi connectivity index (χ0) is 21.0. The average molecular weight is 416 g/mol. The fourth-order valence-electron chi connectivity index (χ4n) is 3.56. The van der Waals surface area contributed by atoms with Crippen molar-refractivity contribution < 1.29 is 14.5 Å². The SMILES string of the molecule is CC1CCCCC1NC(=O)c1ccccc1NC(=O)c1ccc([N+](=O)[O-])cc1Cl. The molecule has 2 amide bonds. The van der Waals surface area contributed by atoms with Crippen LogP contribution in [0.25, 0.3) is 0 Å². The highest BCUT2D eigenvalue weighted by molar-refractivity contribution is 6.34. The van der Waals surface area contributed by atoms with Gasteiger partial charge in [-0.2, -0.15) is 0 Å². The number of amides is 2. The van der Waals surface area contributed by atoms with Gasteiger partial charge in [0.1, 0.15) is 0 Å². The van der Waals surface area contributed by atoms with Crippen molar-refractivity contribution in [3.8, 4) is 0 Å². The minimum absolute atomic E-state index is 0.0327. The second-order valence-electron chi connectivity index (χ2n) is 7.26. The minimum Gasteiger partial charge on any atom is -0.349 e. The zero-order valence-electron chi connectivity index (χ0n) is 16.0. The Balaban J connectivity index is 1.77. The van der Waals surface area contributed by atoms with E-state index in [1.165, 1.54) is 18.6 Å². The molecule has 0 bridgehead atoms. The molecule has 3 rings (SSSR count). The van der Waals surface area contributed by atoms with E-state index in [1.54, 1.807) is 24.3 Å². The highest BCUT2D eigenvalue weighted by Gasteiger charge is 2.24. The lowest BCUT2D eigenvalue weighted by molar-refractivity contribution is -0.384. The van der Waals surface area contributed by atoms with Crippen LogP contribution in [0.2, 0.25) is 5.02 Å². The maximum absolute atomic E-state index is 12.8. The molecule has 1 fully saturated rings. The quantitative estimate of drug-likeness (QED) is 0.540. The van der Waals surface area contributed by atoms with Crippen molar-refractivity contribution in [1.82, 2.24) is 5.32 Å². The van der Waals surface area contributed by atoms with E-state index < -0.39 is 10.8 Å². The van der Waals surface area contributed by atoms with Gasteiger partial charge in [-0.05, 0) is 37.0 Å². The highest BCUT2D eigenvalue weighted by Crippen LogP contribution is 2.26. The van der Waals surface area contributed by atoms with E-state index in [0.29, 0.717) is 17.2 Å². The van der Waals surface area contributed by atoms with Crippen LogP contribution in [0.5, 0.6) is 0 Å². The Morgan fingerprint density at radius 1 is 1.07 bits per heavy atom. The molecule has 7 nitrogen and oxygen atoms in total. The number of non-ortho nitro benzene ring substituents is 1. The Morgan fingerprint density at radius 2 is 1.79 bits per heavy atom. The van der Waals surface area contributed by atoms with Crippen LogP contribution in [0, 0.1) is 16.0 Å². The third-order valence-electron chi connectivity index (χ3n) is 5.26. The van der Waals surface area contributed by atoms with Gasteiger partial charge in [0.05, 0.1) is 26.8 Å². The summed E-state index contributed by atoms with van der Waals surface area (Å²) >= 11 is 6.04. The van der Waals surface area contributed by atoms with Crippen molar-refractivity contribution in [3.05, 3.63) is 68.7 Å². The van der Waals surface area contributed by atoms with Crippen molar-refractivity contribution in [1.29, 1.82) is 0 Å². The van der Waals surface area contributed by atoms with Crippen LogP contribution in [-0.2, 0) is 0 Å². The molecule has 1 saturated carbocycles. The summed E-state index contributed by atoms with van der Waals surface area (Å²) in [6, 6.07) is 10.5. The number of hydrogen-bond acceptors (Lipinski definition) is 4. The molecule has 2 atom stereocenters. The van der Waals surface area contributed by atoms with Crippen molar-refractivity contribution in [3.63, 3.8) is 0 Å². The molecule has 0 heterocycles. The van der Waals surface area contributed by atoms with Gasteiger partial charge < -0.3 is 10.6 Å². The van der Waals surface area contributed by atoms with Crippen LogP contribution < -0.4 is 10.6 Å². The molecule has 0 radical (unpaired) electrons. The van der Waals surface area contributed by atoms with Gasteiger partial charge in [0.2, 0.25) is 0 Å². The summed E-state index contributed by atoms with van der Waals surface area (Å²) in [5.74, 6) is -0.376. The number of benzene rings is 2. The topological polar surface area (TPSA) is 101 Å². The second kappa shape index (κ2) is 9.05. The lowest BCUT2D eigenvalue weighted by Crippen LogP contribution is -2.41. The maximum Gasteiger partial charge on any atom is 0.270 e. The summed E-state index contributed by atoms with van der Waals surface area (Å²) in [4.78, 5) is 35.7. The standard InChI is InChI=1S/C21H22ClN3O4/c1-13-6-2-4-8-18(13)23-21(27)16-7-3-5-9-19(16)24-20(26)15-11-10-14(25(28)29)12-17(15)22/h3,5,7,9-13,18H,2,4,6,8H2,1H3,(H,23,27)(H,24,26). The number of nitro benzene ring substituents is 1. The maximum atomic E-state index is 12.8. The average Bonchev–Trinajstić information content (AvgIpc) is 2.69. The van der Waals surface area contributed by atoms with E-state index in [9.17, 15) is 19.7 Å². The number of halogens is 1. The molecule has 2 N–H and O–H groups in total. The molecule has 0 aromatic heterocycles. The van der Waals surface area contributed by atoms with E-state index in [1.807, 2.05) is 0 Å². The Labute approximate surface area is 173 Å². The third kappa shape index (κ3) is 4.92. The van der Waals surface area contributed by atoms with Gasteiger partial charge in [-0.1, -0.05) is 43.5 Å². The lowest BCUT2D eigenvalue weighted by Gasteiger charge is -2.29. The highest BCUT2D eigenvalue weighted by atomic mass is 35.5. The Morgan fingerprint density at radius 3 is 2.48 bits per heavy atom. The molecule has 0 saturated heterocycles. The normalized spacial score (nSPS) is 18.7. The summed E-state index contributed by atoms with van der Waals surface area (Å²) in [5.41, 5.74) is 0.603. The monoisotopic (exact) mass is 415 g/mol. The third-order valence-corrected chi connectivity index (χ3v) is 5.57. The van der Waals surface area contributed by atoms with Crippen molar-refractivity contribution >= 4 is 34.8 Å². The fourth-order valence-corrected chi connectivity index (χ4v) is 3.82. The van der Waals surface area contributed by atoms with Crippen LogP contribution in [0.3, 0.4) is 0 Å². The molecule has 29 heavy (non-hydrogen) atoms. The van der Waals surface area contributed by atoms with Gasteiger partial charge >= 0.3 is 0 Å². The van der Waals surface area contributed by atoms with Crippen LogP contribution in [0.1, 0.15) is 53.3 Å². The second-order valence-corrected chi connectivity index (χ2v) is 7.67. The van der Waals surface area contributed by atoms with Crippen LogP contribution >= 0.6 is 11.6 Å². The number of hydrogen-bond donors (Lipinski definition) is 2. The number of nitro groups is 1. The summed E-state index contributed by atoms with van der Waals surface area (Å²) < 4.78 is 0. The molecule has 2 unspecified atom stereocenters. The molecule has 2 aromatic carbocycles. The molecular weight excluding hydrogens is 394 g/mol. The van der Waals surface area contributed by atoms with E-state index in [2.05, 4.69) is 17.6 Å². The first kappa shape index (κ1) is 20.8. The summed E-state index contributed by atoms with van der Waals surface area (Å²) in [5, 5.41) is 16.6. The first-order valence-electron chi connectivity index (χ1n) is 9.52. The van der Waals surface area contributed by atoms with Gasteiger partial charge in [-0.25, -0.2) is 0 Å². The van der Waals surface area contributed by atoms with Crippen LogP contribution in [-0.4, -0.2) is 22.8 Å². The van der Waals surface area contributed by atoms with Gasteiger partial charge in [-0.3, -0.25) is 19.7 Å². The molecule has 0 aliphatic heterocycles. The Hall–Kier alpha value is -2.93. The molecule has 152 valence electrons.